The number of nitrogens with zero attached hydrogens (tertiary/aromatic N) is 3. The van der Waals surface area contributed by atoms with Gasteiger partial charge < -0.3 is 24.4 Å². The molecule has 0 radical (unpaired) electrons. The van der Waals surface area contributed by atoms with Gasteiger partial charge >= 0.3 is 0 Å². The number of nitrogens with one attached hydrogen (secondary N) is 1. The van der Waals surface area contributed by atoms with Crippen molar-refractivity contribution in [2.45, 2.75) is 33.2 Å². The molecular formula is C22H30N4O5. The second-order valence-electron chi connectivity index (χ2n) is 7.73. The molecule has 2 heterocycles. The zero-order chi connectivity index (χ0) is 22.9. The van der Waals surface area contributed by atoms with Crippen LogP contribution in [0.25, 0.3) is 0 Å². The van der Waals surface area contributed by atoms with Crippen LogP contribution in [0.3, 0.4) is 0 Å². The zero-order valence-corrected chi connectivity index (χ0v) is 19.1. The van der Waals surface area contributed by atoms with Crippen molar-refractivity contribution in [2.75, 3.05) is 32.8 Å². The molecule has 2 aromatic rings. The topological polar surface area (TPSA) is 94.9 Å². The fourth-order valence-corrected chi connectivity index (χ4v) is 4.18. The average Bonchev–Trinajstić information content (AvgIpc) is 3.25. The lowest BCUT2D eigenvalue weighted by atomic mass is 10.0. The first-order valence-corrected chi connectivity index (χ1v) is 10.1. The van der Waals surface area contributed by atoms with Gasteiger partial charge in [0.05, 0.1) is 44.7 Å². The molecule has 0 aliphatic carbocycles. The third-order valence-electron chi connectivity index (χ3n) is 5.81. The van der Waals surface area contributed by atoms with Gasteiger partial charge in [-0.3, -0.25) is 14.3 Å². The number of methoxy groups -OCH3 is 3. The van der Waals surface area contributed by atoms with E-state index in [9.17, 15) is 9.59 Å². The number of ether oxygens (including phenoxy) is 3. The standard InChI is InChI=1S/C22H30N4O5/c1-12(20-13(2)24-25(4)14(20)3)23-22(28)15-8-19(27)26(11-15)16-9-17(29-5)21(31-7)18(10-16)30-6/h9-10,12,15H,8,11H2,1-7H3,(H,23,28). The molecule has 3 rings (SSSR count). The van der Waals surface area contributed by atoms with E-state index in [0.717, 1.165) is 17.0 Å². The highest BCUT2D eigenvalue weighted by Crippen LogP contribution is 2.42. The molecule has 0 bridgehead atoms. The Morgan fingerprint density at radius 2 is 1.77 bits per heavy atom. The monoisotopic (exact) mass is 430 g/mol. The fraction of sp³-hybridized carbons (Fsp3) is 0.500. The molecule has 0 spiro atoms. The summed E-state index contributed by atoms with van der Waals surface area (Å²) in [6.45, 7) is 6.11. The summed E-state index contributed by atoms with van der Waals surface area (Å²) in [6.07, 6.45) is 0.139. The molecule has 2 amide bonds. The molecule has 9 heteroatoms. The molecule has 1 aliphatic heterocycles. The van der Waals surface area contributed by atoms with Crippen molar-refractivity contribution in [3.05, 3.63) is 29.1 Å². The van der Waals surface area contributed by atoms with Gasteiger partial charge in [0.15, 0.2) is 11.5 Å². The quantitative estimate of drug-likeness (QED) is 0.724. The van der Waals surface area contributed by atoms with E-state index in [-0.39, 0.29) is 30.8 Å². The van der Waals surface area contributed by atoms with Gasteiger partial charge in [-0.2, -0.15) is 5.10 Å². The number of aryl methyl sites for hydroxylation is 2. The van der Waals surface area contributed by atoms with Gasteiger partial charge in [0, 0.05) is 43.4 Å². The number of aromatic nitrogens is 2. The number of rotatable bonds is 7. The van der Waals surface area contributed by atoms with Crippen LogP contribution in [-0.2, 0) is 16.6 Å². The predicted octanol–water partition coefficient (Wildman–Crippen LogP) is 2.29. The highest BCUT2D eigenvalue weighted by atomic mass is 16.5. The number of carbonyl (C=O) groups is 2. The van der Waals surface area contributed by atoms with E-state index in [1.54, 1.807) is 21.7 Å². The van der Waals surface area contributed by atoms with E-state index < -0.39 is 5.92 Å². The summed E-state index contributed by atoms with van der Waals surface area (Å²) in [5.74, 6) is 0.619. The maximum atomic E-state index is 12.9. The highest BCUT2D eigenvalue weighted by Gasteiger charge is 2.36. The molecule has 1 aliphatic rings. The Bertz CT molecular complexity index is 975. The van der Waals surface area contributed by atoms with E-state index in [1.165, 1.54) is 21.3 Å². The van der Waals surface area contributed by atoms with Crippen LogP contribution < -0.4 is 24.4 Å². The lowest BCUT2D eigenvalue weighted by Crippen LogP contribution is -2.35. The first kappa shape index (κ1) is 22.5. The third kappa shape index (κ3) is 4.17. The summed E-state index contributed by atoms with van der Waals surface area (Å²) in [5.41, 5.74) is 3.49. The van der Waals surface area contributed by atoms with Crippen molar-refractivity contribution in [3.63, 3.8) is 0 Å². The minimum absolute atomic E-state index is 0.129. The summed E-state index contributed by atoms with van der Waals surface area (Å²) >= 11 is 0. The van der Waals surface area contributed by atoms with Crippen LogP contribution in [0.1, 0.15) is 36.3 Å². The Kier molecular flexibility index (Phi) is 6.42. The lowest BCUT2D eigenvalue weighted by Gasteiger charge is -2.21. The first-order chi connectivity index (χ1) is 14.7. The van der Waals surface area contributed by atoms with Crippen LogP contribution in [0.2, 0.25) is 0 Å². The van der Waals surface area contributed by atoms with Gasteiger partial charge in [0.2, 0.25) is 17.6 Å². The molecule has 0 saturated carbocycles. The molecule has 1 fully saturated rings. The second kappa shape index (κ2) is 8.87. The summed E-state index contributed by atoms with van der Waals surface area (Å²) in [4.78, 5) is 27.3. The minimum Gasteiger partial charge on any atom is -0.493 e. The maximum absolute atomic E-state index is 12.9. The Morgan fingerprint density at radius 3 is 2.26 bits per heavy atom. The van der Waals surface area contributed by atoms with E-state index >= 15 is 0 Å². The molecular weight excluding hydrogens is 400 g/mol. The number of benzene rings is 1. The Morgan fingerprint density at radius 1 is 1.16 bits per heavy atom. The van der Waals surface area contributed by atoms with Crippen LogP contribution >= 0.6 is 0 Å². The number of anilines is 1. The van der Waals surface area contributed by atoms with Crippen LogP contribution in [-0.4, -0.2) is 49.5 Å². The van der Waals surface area contributed by atoms with Crippen LogP contribution in [0, 0.1) is 19.8 Å². The molecule has 2 atom stereocenters. The third-order valence-corrected chi connectivity index (χ3v) is 5.81. The van der Waals surface area contributed by atoms with Crippen LogP contribution in [0.4, 0.5) is 5.69 Å². The molecule has 1 saturated heterocycles. The summed E-state index contributed by atoms with van der Waals surface area (Å²) in [5, 5.41) is 7.46. The number of carbonyl (C=O) groups excluding carboxylic acids is 2. The number of hydrogen-bond acceptors (Lipinski definition) is 6. The van der Waals surface area contributed by atoms with Crippen LogP contribution in [0.15, 0.2) is 12.1 Å². The SMILES string of the molecule is COc1cc(N2CC(C(=O)NC(C)c3c(C)nn(C)c3C)CC2=O)cc(OC)c1OC. The number of amides is 2. The smallest absolute Gasteiger partial charge is 0.227 e. The molecule has 9 nitrogen and oxygen atoms in total. The normalized spacial score (nSPS) is 16.9. The molecule has 1 aromatic carbocycles. The van der Waals surface area contributed by atoms with Crippen LogP contribution in [0.5, 0.6) is 17.2 Å². The van der Waals surface area contributed by atoms with Gasteiger partial charge in [-0.15, -0.1) is 0 Å². The zero-order valence-electron chi connectivity index (χ0n) is 19.1. The van der Waals surface area contributed by atoms with Crippen molar-refractivity contribution in [3.8, 4) is 17.2 Å². The van der Waals surface area contributed by atoms with Gasteiger partial charge in [-0.25, -0.2) is 0 Å². The van der Waals surface area contributed by atoms with Crippen molar-refractivity contribution in [2.24, 2.45) is 13.0 Å². The van der Waals surface area contributed by atoms with Gasteiger partial charge in [-0.1, -0.05) is 0 Å². The van der Waals surface area contributed by atoms with E-state index in [4.69, 9.17) is 14.2 Å². The van der Waals surface area contributed by atoms with Gasteiger partial charge in [-0.05, 0) is 20.8 Å². The first-order valence-electron chi connectivity index (χ1n) is 10.1. The maximum Gasteiger partial charge on any atom is 0.227 e. The second-order valence-corrected chi connectivity index (χ2v) is 7.73. The van der Waals surface area contributed by atoms with Gasteiger partial charge in [0.25, 0.3) is 0 Å². The Balaban J connectivity index is 1.78. The molecule has 168 valence electrons. The molecule has 1 N–H and O–H groups in total. The molecule has 31 heavy (non-hydrogen) atoms. The summed E-state index contributed by atoms with van der Waals surface area (Å²) in [6, 6.07) is 3.22. The fourth-order valence-electron chi connectivity index (χ4n) is 4.18. The molecule has 2 unspecified atom stereocenters. The summed E-state index contributed by atoms with van der Waals surface area (Å²) in [7, 11) is 6.44. The van der Waals surface area contributed by atoms with Gasteiger partial charge in [0.1, 0.15) is 0 Å². The van der Waals surface area contributed by atoms with E-state index in [0.29, 0.717) is 22.9 Å². The minimum atomic E-state index is -0.452. The largest absolute Gasteiger partial charge is 0.493 e. The molecule has 1 aromatic heterocycles. The highest BCUT2D eigenvalue weighted by molar-refractivity contribution is 6.00. The Hall–Kier alpha value is -3.23. The van der Waals surface area contributed by atoms with Crippen molar-refractivity contribution in [1.29, 1.82) is 0 Å². The van der Waals surface area contributed by atoms with Crippen molar-refractivity contribution < 1.29 is 23.8 Å². The van der Waals surface area contributed by atoms with E-state index in [2.05, 4.69) is 10.4 Å². The number of hydrogen-bond donors (Lipinski definition) is 1. The van der Waals surface area contributed by atoms with Crippen molar-refractivity contribution in [1.82, 2.24) is 15.1 Å². The lowest BCUT2D eigenvalue weighted by molar-refractivity contribution is -0.126. The van der Waals surface area contributed by atoms with Crippen molar-refractivity contribution >= 4 is 17.5 Å². The van der Waals surface area contributed by atoms with E-state index in [1.807, 2.05) is 27.8 Å². The summed E-state index contributed by atoms with van der Waals surface area (Å²) < 4.78 is 17.9. The average molecular weight is 431 g/mol. The predicted molar refractivity (Wildman–Crippen MR) is 116 cm³/mol. The Labute approximate surface area is 182 Å².